The molecule has 18 heavy (non-hydrogen) atoms. The van der Waals surface area contributed by atoms with Gasteiger partial charge < -0.3 is 20.5 Å². The first-order valence-electron chi connectivity index (χ1n) is 6.04. The number of hydrogen-bond acceptors (Lipinski definition) is 4. The molecule has 0 saturated heterocycles. The maximum absolute atomic E-state index is 11.0. The molecule has 0 aliphatic heterocycles. The van der Waals surface area contributed by atoms with Crippen LogP contribution in [0.1, 0.15) is 23.2 Å². The molecule has 0 radical (unpaired) electrons. The number of ether oxygens (including phenoxy) is 1. The van der Waals surface area contributed by atoms with Gasteiger partial charge in [0, 0.05) is 24.3 Å². The predicted octanol–water partition coefficient (Wildman–Crippen LogP) is 1.44. The highest BCUT2D eigenvalue weighted by atomic mass is 16.5. The van der Waals surface area contributed by atoms with E-state index in [4.69, 9.17) is 15.6 Å². The highest BCUT2D eigenvalue weighted by molar-refractivity contribution is 5.91. The van der Waals surface area contributed by atoms with Gasteiger partial charge in [-0.15, -0.1) is 0 Å². The summed E-state index contributed by atoms with van der Waals surface area (Å²) in [6.07, 6.45) is 2.49. The minimum Gasteiger partial charge on any atom is -0.491 e. The molecule has 0 amide bonds. The predicted molar refractivity (Wildman–Crippen MR) is 69.0 cm³/mol. The second-order valence-electron chi connectivity index (χ2n) is 4.62. The van der Waals surface area contributed by atoms with Crippen molar-refractivity contribution in [1.82, 2.24) is 4.90 Å². The van der Waals surface area contributed by atoms with Crippen molar-refractivity contribution < 1.29 is 14.6 Å². The van der Waals surface area contributed by atoms with E-state index in [0.29, 0.717) is 24.1 Å². The maximum atomic E-state index is 11.0. The van der Waals surface area contributed by atoms with Crippen molar-refractivity contribution in [3.05, 3.63) is 23.8 Å². The van der Waals surface area contributed by atoms with Crippen molar-refractivity contribution in [2.45, 2.75) is 18.9 Å². The Hall–Kier alpha value is -1.75. The van der Waals surface area contributed by atoms with E-state index in [2.05, 4.69) is 11.9 Å². The summed E-state index contributed by atoms with van der Waals surface area (Å²) in [5.74, 6) is -0.660. The third-order valence-corrected chi connectivity index (χ3v) is 3.11. The summed E-state index contributed by atoms with van der Waals surface area (Å²) in [4.78, 5) is 13.2. The van der Waals surface area contributed by atoms with Crippen LogP contribution < -0.4 is 10.5 Å². The number of hydrogen-bond donors (Lipinski definition) is 2. The number of likely N-dealkylation sites (N-methyl/N-ethyl adjacent to an activating group) is 1. The van der Waals surface area contributed by atoms with E-state index in [1.54, 1.807) is 12.1 Å². The fourth-order valence-electron chi connectivity index (χ4n) is 1.83. The number of carboxylic acid groups (broad SMARTS) is 1. The number of anilines is 1. The van der Waals surface area contributed by atoms with E-state index in [1.807, 2.05) is 0 Å². The Balaban J connectivity index is 1.94. The highest BCUT2D eigenvalue weighted by Gasteiger charge is 2.25. The largest absolute Gasteiger partial charge is 0.491 e. The molecular formula is C13H18N2O3. The number of nitrogens with two attached hydrogens (primary N) is 1. The van der Waals surface area contributed by atoms with Crippen molar-refractivity contribution in [3.63, 3.8) is 0 Å². The normalized spacial score (nSPS) is 14.8. The van der Waals surface area contributed by atoms with Gasteiger partial charge in [-0.05, 0) is 32.0 Å². The molecule has 1 saturated carbocycles. The molecule has 2 rings (SSSR count). The number of carbonyl (C=O) groups is 1. The summed E-state index contributed by atoms with van der Waals surface area (Å²) in [5, 5.41) is 9.03. The first kappa shape index (κ1) is 12.7. The molecule has 5 nitrogen and oxygen atoms in total. The van der Waals surface area contributed by atoms with Crippen molar-refractivity contribution in [3.8, 4) is 5.75 Å². The molecule has 5 heteroatoms. The van der Waals surface area contributed by atoms with Gasteiger partial charge >= 0.3 is 5.97 Å². The second kappa shape index (κ2) is 5.27. The lowest BCUT2D eigenvalue weighted by Gasteiger charge is -2.16. The zero-order chi connectivity index (χ0) is 13.1. The summed E-state index contributed by atoms with van der Waals surface area (Å²) >= 11 is 0. The van der Waals surface area contributed by atoms with Gasteiger partial charge in [0.15, 0.2) is 0 Å². The topological polar surface area (TPSA) is 75.8 Å². The van der Waals surface area contributed by atoms with Crippen LogP contribution in [0.15, 0.2) is 18.2 Å². The average Bonchev–Trinajstić information content (AvgIpc) is 3.12. The zero-order valence-corrected chi connectivity index (χ0v) is 10.4. The fourth-order valence-corrected chi connectivity index (χ4v) is 1.83. The molecule has 0 heterocycles. The molecule has 0 atom stereocenters. The lowest BCUT2D eigenvalue weighted by atomic mass is 10.2. The first-order valence-corrected chi connectivity index (χ1v) is 6.04. The number of benzene rings is 1. The van der Waals surface area contributed by atoms with Gasteiger partial charge in [0.25, 0.3) is 0 Å². The minimum absolute atomic E-state index is 0.151. The SMILES string of the molecule is CN(CCOc1cc(N)ccc1C(=O)O)C1CC1. The van der Waals surface area contributed by atoms with Crippen LogP contribution in [0.25, 0.3) is 0 Å². The minimum atomic E-state index is -0.999. The molecule has 1 aromatic rings. The first-order chi connectivity index (χ1) is 8.58. The number of rotatable bonds is 6. The summed E-state index contributed by atoms with van der Waals surface area (Å²) in [7, 11) is 2.05. The number of carboxylic acids is 1. The van der Waals surface area contributed by atoms with E-state index in [-0.39, 0.29) is 5.56 Å². The maximum Gasteiger partial charge on any atom is 0.339 e. The monoisotopic (exact) mass is 250 g/mol. The Bertz CT molecular complexity index is 444. The lowest BCUT2D eigenvalue weighted by molar-refractivity contribution is 0.0692. The zero-order valence-electron chi connectivity index (χ0n) is 10.4. The number of nitrogens with zero attached hydrogens (tertiary/aromatic N) is 1. The van der Waals surface area contributed by atoms with Crippen LogP contribution in [0.2, 0.25) is 0 Å². The molecule has 1 aliphatic rings. The molecular weight excluding hydrogens is 232 g/mol. The third kappa shape index (κ3) is 3.13. The Labute approximate surface area is 106 Å². The van der Waals surface area contributed by atoms with Crippen LogP contribution in [0.4, 0.5) is 5.69 Å². The summed E-state index contributed by atoms with van der Waals surface area (Å²) < 4.78 is 5.53. The van der Waals surface area contributed by atoms with E-state index in [1.165, 1.54) is 18.9 Å². The van der Waals surface area contributed by atoms with Gasteiger partial charge in [0.2, 0.25) is 0 Å². The van der Waals surface area contributed by atoms with Crippen LogP contribution in [0.5, 0.6) is 5.75 Å². The van der Waals surface area contributed by atoms with E-state index >= 15 is 0 Å². The van der Waals surface area contributed by atoms with Gasteiger partial charge in [-0.3, -0.25) is 0 Å². The molecule has 98 valence electrons. The van der Waals surface area contributed by atoms with Crippen molar-refractivity contribution >= 4 is 11.7 Å². The van der Waals surface area contributed by atoms with Gasteiger partial charge in [-0.25, -0.2) is 4.79 Å². The summed E-state index contributed by atoms with van der Waals surface area (Å²) in [5.41, 5.74) is 6.29. The molecule has 0 spiro atoms. The molecule has 1 aliphatic carbocycles. The van der Waals surface area contributed by atoms with Gasteiger partial charge in [0.05, 0.1) is 0 Å². The van der Waals surface area contributed by atoms with Crippen LogP contribution in [0, 0.1) is 0 Å². The summed E-state index contributed by atoms with van der Waals surface area (Å²) in [6.45, 7) is 1.26. The Morgan fingerprint density at radius 1 is 1.56 bits per heavy atom. The smallest absolute Gasteiger partial charge is 0.339 e. The van der Waals surface area contributed by atoms with Crippen molar-refractivity contribution in [1.29, 1.82) is 0 Å². The van der Waals surface area contributed by atoms with Crippen LogP contribution in [-0.4, -0.2) is 42.2 Å². The van der Waals surface area contributed by atoms with Gasteiger partial charge in [-0.1, -0.05) is 0 Å². The molecule has 3 N–H and O–H groups in total. The molecule has 1 aromatic carbocycles. The Morgan fingerprint density at radius 3 is 2.89 bits per heavy atom. The highest BCUT2D eigenvalue weighted by Crippen LogP contribution is 2.25. The lowest BCUT2D eigenvalue weighted by Crippen LogP contribution is -2.26. The van der Waals surface area contributed by atoms with Crippen molar-refractivity contribution in [2.24, 2.45) is 0 Å². The van der Waals surface area contributed by atoms with Gasteiger partial charge in [-0.2, -0.15) is 0 Å². The molecule has 1 fully saturated rings. The van der Waals surface area contributed by atoms with Gasteiger partial charge in [0.1, 0.15) is 17.9 Å². The molecule has 0 unspecified atom stereocenters. The number of nitrogen functional groups attached to an aromatic ring is 1. The second-order valence-corrected chi connectivity index (χ2v) is 4.62. The fraction of sp³-hybridized carbons (Fsp3) is 0.462. The average molecular weight is 250 g/mol. The van der Waals surface area contributed by atoms with Crippen LogP contribution in [-0.2, 0) is 0 Å². The van der Waals surface area contributed by atoms with E-state index < -0.39 is 5.97 Å². The third-order valence-electron chi connectivity index (χ3n) is 3.11. The van der Waals surface area contributed by atoms with Crippen molar-refractivity contribution in [2.75, 3.05) is 25.9 Å². The number of aromatic carboxylic acids is 1. The quantitative estimate of drug-likeness (QED) is 0.747. The molecule has 0 aromatic heterocycles. The van der Waals surface area contributed by atoms with E-state index in [0.717, 1.165) is 6.54 Å². The Morgan fingerprint density at radius 2 is 2.28 bits per heavy atom. The summed E-state index contributed by atoms with van der Waals surface area (Å²) in [6, 6.07) is 5.26. The van der Waals surface area contributed by atoms with Crippen LogP contribution in [0.3, 0.4) is 0 Å². The molecule has 0 bridgehead atoms. The van der Waals surface area contributed by atoms with E-state index in [9.17, 15) is 4.79 Å². The Kier molecular flexibility index (Phi) is 3.72. The standard InChI is InChI=1S/C13H18N2O3/c1-15(10-3-4-10)6-7-18-12-8-9(14)2-5-11(12)13(16)17/h2,5,8,10H,3-4,6-7,14H2,1H3,(H,16,17). The van der Waals surface area contributed by atoms with Crippen LogP contribution >= 0.6 is 0 Å².